The van der Waals surface area contributed by atoms with Gasteiger partial charge in [0.1, 0.15) is 11.6 Å². The smallest absolute Gasteiger partial charge is 0.142 e. The van der Waals surface area contributed by atoms with Gasteiger partial charge in [0.05, 0.1) is 0 Å². The molecule has 0 aliphatic rings. The standard InChI is InChI=1S/C10H19N5/c1-3-15(2)8-7-12-9-5-4-6-10(13-9)14-11/h4-6H,3,7-8,11H2,1-2H3,(H2,12,13,14). The molecule has 1 heterocycles. The molecule has 0 amide bonds. The molecular formula is C10H19N5. The first-order valence-electron chi connectivity index (χ1n) is 5.12. The lowest BCUT2D eigenvalue weighted by atomic mass is 10.4. The van der Waals surface area contributed by atoms with Crippen molar-refractivity contribution in [3.8, 4) is 0 Å². The molecule has 5 nitrogen and oxygen atoms in total. The van der Waals surface area contributed by atoms with Crippen LogP contribution in [0.4, 0.5) is 11.6 Å². The van der Waals surface area contributed by atoms with Gasteiger partial charge >= 0.3 is 0 Å². The minimum absolute atomic E-state index is 0.670. The summed E-state index contributed by atoms with van der Waals surface area (Å²) < 4.78 is 0. The molecule has 4 N–H and O–H groups in total. The van der Waals surface area contributed by atoms with Gasteiger partial charge in [0.2, 0.25) is 0 Å². The summed E-state index contributed by atoms with van der Waals surface area (Å²) in [6.07, 6.45) is 0. The lowest BCUT2D eigenvalue weighted by Crippen LogP contribution is -2.25. The summed E-state index contributed by atoms with van der Waals surface area (Å²) in [4.78, 5) is 6.48. The summed E-state index contributed by atoms with van der Waals surface area (Å²) in [5.41, 5.74) is 2.52. The molecule has 0 bridgehead atoms. The Hall–Kier alpha value is -1.33. The van der Waals surface area contributed by atoms with Crippen molar-refractivity contribution in [2.45, 2.75) is 6.92 Å². The fourth-order valence-corrected chi connectivity index (χ4v) is 1.15. The average molecular weight is 209 g/mol. The van der Waals surface area contributed by atoms with Gasteiger partial charge < -0.3 is 15.6 Å². The number of anilines is 2. The molecule has 0 atom stereocenters. The van der Waals surface area contributed by atoms with Crippen molar-refractivity contribution in [3.05, 3.63) is 18.2 Å². The third-order valence-corrected chi connectivity index (χ3v) is 2.24. The van der Waals surface area contributed by atoms with Gasteiger partial charge in [-0.2, -0.15) is 0 Å². The molecule has 5 heteroatoms. The Balaban J connectivity index is 2.37. The SMILES string of the molecule is CCN(C)CCNc1cccc(NN)n1. The van der Waals surface area contributed by atoms with E-state index in [0.717, 1.165) is 25.5 Å². The molecular weight excluding hydrogens is 190 g/mol. The Morgan fingerprint density at radius 2 is 2.13 bits per heavy atom. The van der Waals surface area contributed by atoms with Crippen LogP contribution in [-0.4, -0.2) is 36.6 Å². The van der Waals surface area contributed by atoms with E-state index in [1.54, 1.807) is 0 Å². The number of likely N-dealkylation sites (N-methyl/N-ethyl adjacent to an activating group) is 1. The molecule has 0 saturated heterocycles. The van der Waals surface area contributed by atoms with Crippen molar-refractivity contribution in [3.63, 3.8) is 0 Å². The molecule has 1 aromatic heterocycles. The summed E-state index contributed by atoms with van der Waals surface area (Å²) in [6.45, 7) is 5.07. The van der Waals surface area contributed by atoms with Crippen molar-refractivity contribution in [2.24, 2.45) is 5.84 Å². The minimum Gasteiger partial charge on any atom is -0.369 e. The summed E-state index contributed by atoms with van der Waals surface area (Å²) in [6, 6.07) is 5.66. The van der Waals surface area contributed by atoms with Crippen LogP contribution >= 0.6 is 0 Å². The number of hydrogen-bond donors (Lipinski definition) is 3. The van der Waals surface area contributed by atoms with Crippen molar-refractivity contribution in [1.29, 1.82) is 0 Å². The molecule has 1 rings (SSSR count). The molecule has 0 aliphatic carbocycles. The fourth-order valence-electron chi connectivity index (χ4n) is 1.15. The van der Waals surface area contributed by atoms with Gasteiger partial charge in [0.15, 0.2) is 0 Å². The van der Waals surface area contributed by atoms with Crippen molar-refractivity contribution in [2.75, 3.05) is 37.4 Å². The summed E-state index contributed by atoms with van der Waals surface area (Å²) in [5, 5.41) is 3.24. The summed E-state index contributed by atoms with van der Waals surface area (Å²) >= 11 is 0. The Morgan fingerprint density at radius 1 is 1.40 bits per heavy atom. The lowest BCUT2D eigenvalue weighted by molar-refractivity contribution is 0.367. The van der Waals surface area contributed by atoms with Crippen LogP contribution in [0.3, 0.4) is 0 Å². The van der Waals surface area contributed by atoms with Gasteiger partial charge in [-0.25, -0.2) is 10.8 Å². The third kappa shape index (κ3) is 4.14. The highest BCUT2D eigenvalue weighted by atomic mass is 15.3. The molecule has 0 aliphatic heterocycles. The van der Waals surface area contributed by atoms with Crippen LogP contribution < -0.4 is 16.6 Å². The zero-order valence-electron chi connectivity index (χ0n) is 9.33. The fraction of sp³-hybridized carbons (Fsp3) is 0.500. The number of nitrogens with two attached hydrogens (primary N) is 1. The first-order chi connectivity index (χ1) is 7.26. The monoisotopic (exact) mass is 209 g/mol. The van der Waals surface area contributed by atoms with Gasteiger partial charge in [-0.15, -0.1) is 0 Å². The Kier molecular flexibility index (Phi) is 4.86. The van der Waals surface area contributed by atoms with E-state index < -0.39 is 0 Å². The predicted octanol–water partition coefficient (Wildman–Crippen LogP) is 0.731. The number of rotatable bonds is 6. The topological polar surface area (TPSA) is 66.2 Å². The first kappa shape index (κ1) is 11.7. The highest BCUT2D eigenvalue weighted by Gasteiger charge is 1.96. The Labute approximate surface area is 90.6 Å². The van der Waals surface area contributed by atoms with E-state index in [9.17, 15) is 0 Å². The van der Waals surface area contributed by atoms with Crippen LogP contribution in [0.2, 0.25) is 0 Å². The Bertz CT molecular complexity index is 289. The second-order valence-corrected chi connectivity index (χ2v) is 3.38. The van der Waals surface area contributed by atoms with Crippen molar-refractivity contribution >= 4 is 11.6 Å². The van der Waals surface area contributed by atoms with Crippen LogP contribution in [0.5, 0.6) is 0 Å². The van der Waals surface area contributed by atoms with Crippen LogP contribution in [0.25, 0.3) is 0 Å². The number of hydrogen-bond acceptors (Lipinski definition) is 5. The highest BCUT2D eigenvalue weighted by Crippen LogP contribution is 2.06. The predicted molar refractivity (Wildman–Crippen MR) is 63.7 cm³/mol. The maximum absolute atomic E-state index is 5.27. The van der Waals surface area contributed by atoms with Crippen LogP contribution in [-0.2, 0) is 0 Å². The molecule has 0 fully saturated rings. The largest absolute Gasteiger partial charge is 0.369 e. The minimum atomic E-state index is 0.670. The van der Waals surface area contributed by atoms with Crippen molar-refractivity contribution in [1.82, 2.24) is 9.88 Å². The Morgan fingerprint density at radius 3 is 2.80 bits per heavy atom. The van der Waals surface area contributed by atoms with Gasteiger partial charge in [0.25, 0.3) is 0 Å². The van der Waals surface area contributed by atoms with Crippen LogP contribution in [0.1, 0.15) is 6.92 Å². The summed E-state index contributed by atoms with van der Waals surface area (Å²) in [5.74, 6) is 6.78. The molecule has 0 radical (unpaired) electrons. The molecule has 0 unspecified atom stereocenters. The van der Waals surface area contributed by atoms with Gasteiger partial charge in [-0.3, -0.25) is 0 Å². The number of hydrazine groups is 1. The van der Waals surface area contributed by atoms with Gasteiger partial charge in [0, 0.05) is 13.1 Å². The van der Waals surface area contributed by atoms with Gasteiger partial charge in [-0.05, 0) is 25.7 Å². The van der Waals surface area contributed by atoms with Crippen LogP contribution in [0.15, 0.2) is 18.2 Å². The number of aromatic nitrogens is 1. The maximum Gasteiger partial charge on any atom is 0.142 e. The van der Waals surface area contributed by atoms with Gasteiger partial charge in [-0.1, -0.05) is 13.0 Å². The molecule has 1 aromatic rings. The molecule has 0 spiro atoms. The second kappa shape index (κ2) is 6.21. The zero-order chi connectivity index (χ0) is 11.1. The van der Waals surface area contributed by atoms with Crippen molar-refractivity contribution < 1.29 is 0 Å². The van der Waals surface area contributed by atoms with E-state index in [-0.39, 0.29) is 0 Å². The first-order valence-corrected chi connectivity index (χ1v) is 5.12. The number of nitrogens with one attached hydrogen (secondary N) is 2. The molecule has 0 saturated carbocycles. The van der Waals surface area contributed by atoms with E-state index in [1.807, 2.05) is 18.2 Å². The molecule has 0 aromatic carbocycles. The van der Waals surface area contributed by atoms with E-state index in [0.29, 0.717) is 5.82 Å². The molecule has 84 valence electrons. The second-order valence-electron chi connectivity index (χ2n) is 3.38. The van der Waals surface area contributed by atoms with E-state index >= 15 is 0 Å². The normalized spacial score (nSPS) is 10.4. The van der Waals surface area contributed by atoms with E-state index in [1.165, 1.54) is 0 Å². The van der Waals surface area contributed by atoms with E-state index in [2.05, 4.69) is 34.6 Å². The van der Waals surface area contributed by atoms with E-state index in [4.69, 9.17) is 5.84 Å². The third-order valence-electron chi connectivity index (χ3n) is 2.24. The number of pyridine rings is 1. The average Bonchev–Trinajstić information content (AvgIpc) is 2.29. The summed E-state index contributed by atoms with van der Waals surface area (Å²) in [7, 11) is 2.09. The lowest BCUT2D eigenvalue weighted by Gasteiger charge is -2.14. The quantitative estimate of drug-likeness (QED) is 0.476. The molecule has 15 heavy (non-hydrogen) atoms. The van der Waals surface area contributed by atoms with Crippen LogP contribution in [0, 0.1) is 0 Å². The zero-order valence-corrected chi connectivity index (χ0v) is 9.33. The number of nitrogen functional groups attached to an aromatic ring is 1. The maximum atomic E-state index is 5.27. The highest BCUT2D eigenvalue weighted by molar-refractivity contribution is 5.44. The number of nitrogens with zero attached hydrogens (tertiary/aromatic N) is 2.